The molecule has 1 saturated heterocycles. The molecule has 9 heteroatoms. The van der Waals surface area contributed by atoms with Crippen molar-refractivity contribution < 1.29 is 28.7 Å². The summed E-state index contributed by atoms with van der Waals surface area (Å²) in [6, 6.07) is -1.58. The Labute approximate surface area is 220 Å². The molecule has 9 nitrogen and oxygen atoms in total. The van der Waals surface area contributed by atoms with Gasteiger partial charge in [0, 0.05) is 34.9 Å². The molecule has 0 aromatic rings. The largest absolute Gasteiger partial charge is 0.444 e. The van der Waals surface area contributed by atoms with Gasteiger partial charge in [0.05, 0.1) is 0 Å². The molecule has 2 unspecified atom stereocenters. The number of unbranched alkanes of at least 4 members (excludes halogenated alkanes) is 1. The quantitative estimate of drug-likeness (QED) is 0.355. The first kappa shape index (κ1) is 30.3. The summed E-state index contributed by atoms with van der Waals surface area (Å²) in [5, 5.41) is 5.70. The number of Topliss-reactive ketones (excluding diaryl/α,β-unsaturated/α-hetero) is 2. The average Bonchev–Trinajstić information content (AvgIpc) is 3.29. The van der Waals surface area contributed by atoms with E-state index in [1.807, 2.05) is 13.8 Å². The highest BCUT2D eigenvalue weighted by Crippen LogP contribution is 2.28. The Hall–Kier alpha value is -2.97. The van der Waals surface area contributed by atoms with Gasteiger partial charge in [-0.3, -0.25) is 24.1 Å². The van der Waals surface area contributed by atoms with Crippen molar-refractivity contribution in [2.45, 2.75) is 118 Å². The molecule has 1 fully saturated rings. The number of nitrogens with one attached hydrogen (secondary N) is 2. The van der Waals surface area contributed by atoms with E-state index in [9.17, 15) is 24.0 Å². The lowest BCUT2D eigenvalue weighted by Crippen LogP contribution is -2.54. The van der Waals surface area contributed by atoms with Crippen LogP contribution in [-0.4, -0.2) is 64.6 Å². The Morgan fingerprint density at radius 3 is 2.19 bits per heavy atom. The van der Waals surface area contributed by atoms with Crippen LogP contribution in [0.4, 0.5) is 4.79 Å². The second-order valence-electron chi connectivity index (χ2n) is 11.3. The number of likely N-dealkylation sites (tertiary alicyclic amines) is 1. The SMILES string of the molecule is CC1=C(C)C(=O)C(CCCCC(NC(=O)C2CCCN2C(=O)OC(C)(C)C)C(=O)NC(C)C)=C(C)C1=O. The van der Waals surface area contributed by atoms with Crippen molar-refractivity contribution in [1.82, 2.24) is 15.5 Å². The number of ketones is 2. The summed E-state index contributed by atoms with van der Waals surface area (Å²) >= 11 is 0. The molecule has 0 spiro atoms. The number of rotatable bonds is 9. The minimum atomic E-state index is -0.779. The van der Waals surface area contributed by atoms with Crippen molar-refractivity contribution >= 4 is 29.5 Å². The third kappa shape index (κ3) is 8.01. The second kappa shape index (κ2) is 12.5. The Bertz CT molecular complexity index is 1000. The molecular weight excluding hydrogens is 474 g/mol. The maximum absolute atomic E-state index is 13.2. The number of nitrogens with zero attached hydrogens (tertiary/aromatic N) is 1. The van der Waals surface area contributed by atoms with Crippen LogP contribution < -0.4 is 10.6 Å². The molecule has 1 heterocycles. The summed E-state index contributed by atoms with van der Waals surface area (Å²) in [5.41, 5.74) is 1.31. The van der Waals surface area contributed by atoms with Gasteiger partial charge in [-0.2, -0.15) is 0 Å². The molecule has 206 valence electrons. The number of hydrogen-bond acceptors (Lipinski definition) is 6. The van der Waals surface area contributed by atoms with E-state index < -0.39 is 23.8 Å². The zero-order valence-electron chi connectivity index (χ0n) is 23.6. The predicted octanol–water partition coefficient (Wildman–Crippen LogP) is 3.76. The number of ether oxygens (including phenoxy) is 1. The summed E-state index contributed by atoms with van der Waals surface area (Å²) in [7, 11) is 0. The van der Waals surface area contributed by atoms with Crippen molar-refractivity contribution in [1.29, 1.82) is 0 Å². The highest BCUT2D eigenvalue weighted by molar-refractivity contribution is 6.24. The Morgan fingerprint density at radius 1 is 0.973 bits per heavy atom. The summed E-state index contributed by atoms with van der Waals surface area (Å²) < 4.78 is 5.45. The van der Waals surface area contributed by atoms with Crippen LogP contribution in [0.15, 0.2) is 22.3 Å². The molecule has 0 radical (unpaired) electrons. The molecular formula is C28H43N3O6. The van der Waals surface area contributed by atoms with E-state index in [-0.39, 0.29) is 29.4 Å². The highest BCUT2D eigenvalue weighted by Gasteiger charge is 2.38. The number of hydrogen-bond donors (Lipinski definition) is 2. The van der Waals surface area contributed by atoms with Gasteiger partial charge in [0.25, 0.3) is 0 Å². The minimum Gasteiger partial charge on any atom is -0.444 e. The highest BCUT2D eigenvalue weighted by atomic mass is 16.6. The van der Waals surface area contributed by atoms with Crippen LogP contribution in [0.25, 0.3) is 0 Å². The van der Waals surface area contributed by atoms with Crippen molar-refractivity contribution in [2.24, 2.45) is 0 Å². The molecule has 0 aromatic carbocycles. The number of carbonyl (C=O) groups excluding carboxylic acids is 5. The van der Waals surface area contributed by atoms with Crippen LogP contribution in [-0.2, 0) is 23.9 Å². The van der Waals surface area contributed by atoms with Gasteiger partial charge in [-0.1, -0.05) is 6.42 Å². The molecule has 1 aliphatic heterocycles. The van der Waals surface area contributed by atoms with Gasteiger partial charge >= 0.3 is 6.09 Å². The summed E-state index contributed by atoms with van der Waals surface area (Å²) in [6.45, 7) is 14.5. The Balaban J connectivity index is 2.04. The molecule has 0 saturated carbocycles. The minimum absolute atomic E-state index is 0.0968. The first-order valence-corrected chi connectivity index (χ1v) is 13.2. The summed E-state index contributed by atoms with van der Waals surface area (Å²) in [5.74, 6) is -0.867. The smallest absolute Gasteiger partial charge is 0.410 e. The van der Waals surface area contributed by atoms with Gasteiger partial charge in [-0.15, -0.1) is 0 Å². The fourth-order valence-electron chi connectivity index (χ4n) is 4.61. The second-order valence-corrected chi connectivity index (χ2v) is 11.3. The molecule has 1 aliphatic carbocycles. The van der Waals surface area contributed by atoms with Gasteiger partial charge in [0.2, 0.25) is 11.8 Å². The van der Waals surface area contributed by atoms with Crippen molar-refractivity contribution in [3.8, 4) is 0 Å². The monoisotopic (exact) mass is 517 g/mol. The lowest BCUT2D eigenvalue weighted by atomic mass is 9.84. The standard InChI is InChI=1S/C28H43N3O6/c1-16(2)29-25(34)21(13-10-9-12-20-19(5)23(32)17(3)18(4)24(20)33)30-26(35)22-14-11-15-31(22)27(36)37-28(6,7)8/h16,21-22H,9-15H2,1-8H3,(H,29,34)(H,30,35). The maximum Gasteiger partial charge on any atom is 0.410 e. The zero-order valence-corrected chi connectivity index (χ0v) is 23.6. The number of amides is 3. The van der Waals surface area contributed by atoms with E-state index in [1.165, 1.54) is 4.90 Å². The fourth-order valence-corrected chi connectivity index (χ4v) is 4.61. The summed E-state index contributed by atoms with van der Waals surface area (Å²) in [4.78, 5) is 65.2. The fraction of sp³-hybridized carbons (Fsp3) is 0.679. The first-order chi connectivity index (χ1) is 17.1. The van der Waals surface area contributed by atoms with E-state index in [2.05, 4.69) is 10.6 Å². The van der Waals surface area contributed by atoms with Gasteiger partial charge in [0.1, 0.15) is 17.7 Å². The van der Waals surface area contributed by atoms with Crippen LogP contribution in [0.3, 0.4) is 0 Å². The lowest BCUT2D eigenvalue weighted by molar-refractivity contribution is -0.131. The van der Waals surface area contributed by atoms with Crippen LogP contribution in [0.2, 0.25) is 0 Å². The van der Waals surface area contributed by atoms with E-state index in [4.69, 9.17) is 4.74 Å². The van der Waals surface area contributed by atoms with Crippen LogP contribution >= 0.6 is 0 Å². The Morgan fingerprint density at radius 2 is 1.59 bits per heavy atom. The van der Waals surface area contributed by atoms with E-state index in [0.717, 1.165) is 0 Å². The predicted molar refractivity (Wildman–Crippen MR) is 141 cm³/mol. The third-order valence-corrected chi connectivity index (χ3v) is 6.73. The van der Waals surface area contributed by atoms with Crippen LogP contribution in [0.5, 0.6) is 0 Å². The van der Waals surface area contributed by atoms with Gasteiger partial charge in [-0.25, -0.2) is 4.79 Å². The molecule has 2 rings (SSSR count). The van der Waals surface area contributed by atoms with Gasteiger partial charge in [-0.05, 0) is 87.5 Å². The molecule has 0 bridgehead atoms. The van der Waals surface area contributed by atoms with E-state index >= 15 is 0 Å². The Kier molecular flexibility index (Phi) is 10.2. The molecule has 2 N–H and O–H groups in total. The molecule has 3 amide bonds. The van der Waals surface area contributed by atoms with Gasteiger partial charge in [0.15, 0.2) is 11.6 Å². The summed E-state index contributed by atoms with van der Waals surface area (Å²) in [6.07, 6.45) is 2.59. The van der Waals surface area contributed by atoms with Gasteiger partial charge < -0.3 is 15.4 Å². The van der Waals surface area contributed by atoms with Crippen molar-refractivity contribution in [3.05, 3.63) is 22.3 Å². The maximum atomic E-state index is 13.2. The van der Waals surface area contributed by atoms with E-state index in [0.29, 0.717) is 67.4 Å². The van der Waals surface area contributed by atoms with E-state index in [1.54, 1.807) is 41.5 Å². The number of allylic oxidation sites excluding steroid dienone is 4. The third-order valence-electron chi connectivity index (χ3n) is 6.73. The van der Waals surface area contributed by atoms with Crippen molar-refractivity contribution in [3.63, 3.8) is 0 Å². The molecule has 0 aromatic heterocycles. The lowest BCUT2D eigenvalue weighted by Gasteiger charge is -2.29. The first-order valence-electron chi connectivity index (χ1n) is 13.2. The molecule has 2 atom stereocenters. The number of carbonyl (C=O) groups is 5. The average molecular weight is 518 g/mol. The molecule has 2 aliphatic rings. The molecule has 37 heavy (non-hydrogen) atoms. The van der Waals surface area contributed by atoms with Crippen LogP contribution in [0, 0.1) is 0 Å². The zero-order chi connectivity index (χ0) is 28.1. The normalized spacial score (nSPS) is 19.5. The topological polar surface area (TPSA) is 122 Å². The van der Waals surface area contributed by atoms with Crippen LogP contribution in [0.1, 0.15) is 93.9 Å². The van der Waals surface area contributed by atoms with Crippen molar-refractivity contribution in [2.75, 3.05) is 6.54 Å².